The Labute approximate surface area is 110 Å². The molecule has 2 aromatic heterocycles. The van der Waals surface area contributed by atoms with Gasteiger partial charge in [0.2, 0.25) is 0 Å². The second kappa shape index (κ2) is 4.61. The molecule has 5 heteroatoms. The van der Waals surface area contributed by atoms with Gasteiger partial charge in [-0.2, -0.15) is 5.10 Å². The summed E-state index contributed by atoms with van der Waals surface area (Å²) in [4.78, 5) is 4.24. The van der Waals surface area contributed by atoms with Gasteiger partial charge in [-0.05, 0) is 29.8 Å². The Morgan fingerprint density at radius 2 is 2.00 bits per heavy atom. The van der Waals surface area contributed by atoms with Gasteiger partial charge in [-0.15, -0.1) is 0 Å². The van der Waals surface area contributed by atoms with Crippen molar-refractivity contribution in [3.8, 4) is 5.75 Å². The van der Waals surface area contributed by atoms with Gasteiger partial charge < -0.3 is 10.5 Å². The molecule has 0 bridgehead atoms. The van der Waals surface area contributed by atoms with E-state index in [1.165, 1.54) is 0 Å². The number of hydrogen-bond donors (Lipinski definition) is 1. The number of fused-ring (bicyclic) bond motifs is 1. The molecule has 0 radical (unpaired) electrons. The smallest absolute Gasteiger partial charge is 0.148 e. The summed E-state index contributed by atoms with van der Waals surface area (Å²) in [6, 6.07) is 11.6. The minimum absolute atomic E-state index is 0.589. The zero-order valence-corrected chi connectivity index (χ0v) is 10.6. The van der Waals surface area contributed by atoms with E-state index in [9.17, 15) is 0 Å². The fourth-order valence-electron chi connectivity index (χ4n) is 2.01. The van der Waals surface area contributed by atoms with Crippen LogP contribution in [0.25, 0.3) is 11.0 Å². The Morgan fingerprint density at radius 3 is 2.68 bits per heavy atom. The molecule has 0 aliphatic rings. The maximum atomic E-state index is 6.06. The van der Waals surface area contributed by atoms with Crippen LogP contribution in [0.3, 0.4) is 0 Å². The first kappa shape index (κ1) is 11.5. The number of benzene rings is 1. The lowest BCUT2D eigenvalue weighted by Gasteiger charge is -2.05. The van der Waals surface area contributed by atoms with E-state index in [4.69, 9.17) is 10.5 Å². The highest BCUT2D eigenvalue weighted by molar-refractivity contribution is 5.84. The number of nitrogen functional groups attached to an aromatic ring is 1. The quantitative estimate of drug-likeness (QED) is 0.777. The minimum atomic E-state index is 0.589. The van der Waals surface area contributed by atoms with Crippen LogP contribution in [-0.4, -0.2) is 21.9 Å². The molecule has 5 nitrogen and oxygen atoms in total. The number of anilines is 1. The maximum absolute atomic E-state index is 6.06. The number of methoxy groups -OCH3 is 1. The largest absolute Gasteiger partial charge is 0.497 e. The zero-order chi connectivity index (χ0) is 13.2. The zero-order valence-electron chi connectivity index (χ0n) is 10.6. The predicted octanol–water partition coefficient (Wildman–Crippen LogP) is 2.07. The second-order valence-corrected chi connectivity index (χ2v) is 4.26. The van der Waals surface area contributed by atoms with Crippen LogP contribution < -0.4 is 10.5 Å². The molecular weight excluding hydrogens is 240 g/mol. The molecule has 0 aliphatic carbocycles. The minimum Gasteiger partial charge on any atom is -0.497 e. The molecular formula is C14H14N4O. The van der Waals surface area contributed by atoms with Gasteiger partial charge in [0.15, 0.2) is 0 Å². The molecule has 0 atom stereocenters. The third-order valence-electron chi connectivity index (χ3n) is 3.03. The molecule has 1 aromatic carbocycles. The highest BCUT2D eigenvalue weighted by atomic mass is 16.5. The van der Waals surface area contributed by atoms with E-state index in [1.807, 2.05) is 36.4 Å². The van der Waals surface area contributed by atoms with Crippen LogP contribution in [0.15, 0.2) is 42.6 Å². The van der Waals surface area contributed by atoms with Gasteiger partial charge in [-0.1, -0.05) is 12.1 Å². The molecule has 19 heavy (non-hydrogen) atoms. The Morgan fingerprint density at radius 1 is 1.21 bits per heavy atom. The highest BCUT2D eigenvalue weighted by Gasteiger charge is 2.08. The summed E-state index contributed by atoms with van der Waals surface area (Å²) in [6.07, 6.45) is 1.72. The van der Waals surface area contributed by atoms with Crippen LogP contribution in [-0.2, 0) is 6.54 Å². The molecule has 0 amide bonds. The summed E-state index contributed by atoms with van der Waals surface area (Å²) in [6.45, 7) is 0.617. The monoisotopic (exact) mass is 254 g/mol. The van der Waals surface area contributed by atoms with E-state index in [1.54, 1.807) is 18.0 Å². The van der Waals surface area contributed by atoms with E-state index < -0.39 is 0 Å². The van der Waals surface area contributed by atoms with Crippen LogP contribution in [0.1, 0.15) is 5.56 Å². The summed E-state index contributed by atoms with van der Waals surface area (Å²) in [5, 5.41) is 4.45. The van der Waals surface area contributed by atoms with Crippen LogP contribution in [0, 0.1) is 0 Å². The summed E-state index contributed by atoms with van der Waals surface area (Å²) < 4.78 is 6.90. The van der Waals surface area contributed by atoms with E-state index in [-0.39, 0.29) is 0 Å². The number of nitrogens with zero attached hydrogens (tertiary/aromatic N) is 3. The van der Waals surface area contributed by atoms with Crippen molar-refractivity contribution in [1.29, 1.82) is 0 Å². The first-order valence-electron chi connectivity index (χ1n) is 5.98. The lowest BCUT2D eigenvalue weighted by Crippen LogP contribution is -2.05. The van der Waals surface area contributed by atoms with Gasteiger partial charge in [-0.3, -0.25) is 4.98 Å². The van der Waals surface area contributed by atoms with E-state index in [0.717, 1.165) is 22.3 Å². The van der Waals surface area contributed by atoms with E-state index in [2.05, 4.69) is 10.1 Å². The fraction of sp³-hybridized carbons (Fsp3) is 0.143. The lowest BCUT2D eigenvalue weighted by molar-refractivity contribution is 0.414. The molecule has 2 N–H and O–H groups in total. The Bertz CT molecular complexity index is 703. The lowest BCUT2D eigenvalue weighted by atomic mass is 10.2. The van der Waals surface area contributed by atoms with Crippen molar-refractivity contribution in [1.82, 2.24) is 14.8 Å². The SMILES string of the molecule is COc1ccc(Cn2nc3cccnc3c2N)cc1. The van der Waals surface area contributed by atoms with Crippen LogP contribution in [0.2, 0.25) is 0 Å². The maximum Gasteiger partial charge on any atom is 0.148 e. The molecule has 0 spiro atoms. The van der Waals surface area contributed by atoms with Gasteiger partial charge in [0.05, 0.1) is 13.7 Å². The Kier molecular flexibility index (Phi) is 2.79. The first-order chi connectivity index (χ1) is 9.28. The third kappa shape index (κ3) is 2.10. The van der Waals surface area contributed by atoms with E-state index >= 15 is 0 Å². The molecule has 0 aliphatic heterocycles. The van der Waals surface area contributed by atoms with Crippen molar-refractivity contribution < 1.29 is 4.74 Å². The van der Waals surface area contributed by atoms with E-state index in [0.29, 0.717) is 12.4 Å². The Balaban J connectivity index is 1.94. The molecule has 0 saturated heterocycles. The molecule has 3 aromatic rings. The number of ether oxygens (including phenoxy) is 1. The van der Waals surface area contributed by atoms with Crippen molar-refractivity contribution in [2.45, 2.75) is 6.54 Å². The average Bonchev–Trinajstić information content (AvgIpc) is 2.77. The second-order valence-electron chi connectivity index (χ2n) is 4.26. The van der Waals surface area contributed by atoms with Gasteiger partial charge in [-0.25, -0.2) is 4.68 Å². The molecule has 0 fully saturated rings. The number of aromatic nitrogens is 3. The van der Waals surface area contributed by atoms with Crippen LogP contribution >= 0.6 is 0 Å². The normalized spacial score (nSPS) is 10.8. The van der Waals surface area contributed by atoms with Crippen molar-refractivity contribution in [2.75, 3.05) is 12.8 Å². The van der Waals surface area contributed by atoms with Crippen molar-refractivity contribution in [3.63, 3.8) is 0 Å². The van der Waals surface area contributed by atoms with Gasteiger partial charge >= 0.3 is 0 Å². The standard InChI is InChI=1S/C14H14N4O/c1-19-11-6-4-10(5-7-11)9-18-14(15)13-12(17-18)3-2-8-16-13/h2-8H,9,15H2,1H3. The molecule has 0 saturated carbocycles. The Hall–Kier alpha value is -2.56. The summed E-state index contributed by atoms with van der Waals surface area (Å²) in [5.74, 6) is 1.43. The summed E-state index contributed by atoms with van der Waals surface area (Å²) in [5.41, 5.74) is 8.73. The van der Waals surface area contributed by atoms with Gasteiger partial charge in [0, 0.05) is 6.20 Å². The van der Waals surface area contributed by atoms with Crippen molar-refractivity contribution in [2.24, 2.45) is 0 Å². The van der Waals surface area contributed by atoms with Crippen LogP contribution in [0.5, 0.6) is 5.75 Å². The molecule has 2 heterocycles. The van der Waals surface area contributed by atoms with Crippen molar-refractivity contribution in [3.05, 3.63) is 48.2 Å². The molecule has 3 rings (SSSR count). The fourth-order valence-corrected chi connectivity index (χ4v) is 2.01. The predicted molar refractivity (Wildman–Crippen MR) is 74.0 cm³/mol. The third-order valence-corrected chi connectivity index (χ3v) is 3.03. The van der Waals surface area contributed by atoms with Crippen LogP contribution in [0.4, 0.5) is 5.82 Å². The number of hydrogen-bond acceptors (Lipinski definition) is 4. The number of pyridine rings is 1. The topological polar surface area (TPSA) is 66.0 Å². The average molecular weight is 254 g/mol. The number of rotatable bonds is 3. The summed E-state index contributed by atoms with van der Waals surface area (Å²) in [7, 11) is 1.65. The first-order valence-corrected chi connectivity index (χ1v) is 5.98. The molecule has 96 valence electrons. The highest BCUT2D eigenvalue weighted by Crippen LogP contribution is 2.19. The molecule has 0 unspecified atom stereocenters. The number of nitrogens with two attached hydrogens (primary N) is 1. The van der Waals surface area contributed by atoms with Gasteiger partial charge in [0.1, 0.15) is 22.6 Å². The van der Waals surface area contributed by atoms with Gasteiger partial charge in [0.25, 0.3) is 0 Å². The summed E-state index contributed by atoms with van der Waals surface area (Å²) >= 11 is 0. The van der Waals surface area contributed by atoms with Crippen molar-refractivity contribution >= 4 is 16.9 Å².